The molecule has 1 aliphatic rings. The van der Waals surface area contributed by atoms with E-state index < -0.39 is 0 Å². The van der Waals surface area contributed by atoms with Crippen molar-refractivity contribution in [1.29, 1.82) is 0 Å². The first-order valence-electron chi connectivity index (χ1n) is 7.26. The summed E-state index contributed by atoms with van der Waals surface area (Å²) in [6, 6.07) is 15.7. The van der Waals surface area contributed by atoms with Crippen molar-refractivity contribution < 1.29 is 18.3 Å². The first kappa shape index (κ1) is 13.7. The van der Waals surface area contributed by atoms with Crippen LogP contribution in [0.3, 0.4) is 0 Å². The summed E-state index contributed by atoms with van der Waals surface area (Å²) in [4.78, 5) is 0. The maximum atomic E-state index is 13.0. The lowest BCUT2D eigenvalue weighted by Crippen LogP contribution is -1.97. The number of hydrogen-bond donors (Lipinski definition) is 1. The van der Waals surface area contributed by atoms with Gasteiger partial charge in [0.25, 0.3) is 0 Å². The molecule has 0 bridgehead atoms. The molecule has 1 aliphatic heterocycles. The van der Waals surface area contributed by atoms with Crippen LogP contribution in [0, 0.1) is 5.82 Å². The maximum absolute atomic E-state index is 13.0. The third-order valence-electron chi connectivity index (χ3n) is 3.63. The normalized spacial score (nSPS) is 12.4. The van der Waals surface area contributed by atoms with Crippen LogP contribution in [0.15, 0.2) is 59.0 Å². The van der Waals surface area contributed by atoms with Gasteiger partial charge in [-0.25, -0.2) is 4.39 Å². The lowest BCUT2D eigenvalue weighted by Gasteiger charge is -2.05. The number of hydrogen-bond acceptors (Lipinski definition) is 4. The number of halogens is 1. The molecule has 2 aromatic carbocycles. The summed E-state index contributed by atoms with van der Waals surface area (Å²) in [5, 5.41) is 3.28. The number of benzene rings is 2. The molecule has 0 amide bonds. The number of fused-ring (bicyclic) bond motifs is 1. The Bertz CT molecular complexity index is 827. The summed E-state index contributed by atoms with van der Waals surface area (Å²) >= 11 is 0. The molecule has 0 atom stereocenters. The van der Waals surface area contributed by atoms with Gasteiger partial charge in [-0.1, -0.05) is 0 Å². The molecule has 2 heterocycles. The number of nitrogens with one attached hydrogen (secondary N) is 1. The molecule has 4 nitrogen and oxygen atoms in total. The van der Waals surface area contributed by atoms with Crippen LogP contribution in [0.25, 0.3) is 11.3 Å². The molecular formula is C18H14FNO3. The van der Waals surface area contributed by atoms with Gasteiger partial charge in [0.2, 0.25) is 6.79 Å². The van der Waals surface area contributed by atoms with Crippen molar-refractivity contribution in [2.24, 2.45) is 0 Å². The van der Waals surface area contributed by atoms with Crippen molar-refractivity contribution in [2.75, 3.05) is 12.1 Å². The minimum absolute atomic E-state index is 0.259. The lowest BCUT2D eigenvalue weighted by atomic mass is 10.2. The number of furan rings is 1. The number of anilines is 1. The van der Waals surface area contributed by atoms with Gasteiger partial charge in [0, 0.05) is 17.3 Å². The Kier molecular flexibility index (Phi) is 3.38. The largest absolute Gasteiger partial charge is 0.459 e. The number of rotatable bonds is 4. The number of ether oxygens (including phenoxy) is 2. The van der Waals surface area contributed by atoms with E-state index >= 15 is 0 Å². The fourth-order valence-electron chi connectivity index (χ4n) is 2.44. The van der Waals surface area contributed by atoms with E-state index in [4.69, 9.17) is 13.9 Å². The minimum Gasteiger partial charge on any atom is -0.459 e. The van der Waals surface area contributed by atoms with Gasteiger partial charge < -0.3 is 19.2 Å². The van der Waals surface area contributed by atoms with Gasteiger partial charge in [0.15, 0.2) is 11.5 Å². The highest BCUT2D eigenvalue weighted by Crippen LogP contribution is 2.34. The topological polar surface area (TPSA) is 43.6 Å². The van der Waals surface area contributed by atoms with Crippen LogP contribution in [0.5, 0.6) is 11.5 Å². The Labute approximate surface area is 132 Å². The Morgan fingerprint density at radius 2 is 1.74 bits per heavy atom. The molecule has 4 rings (SSSR count). The monoisotopic (exact) mass is 311 g/mol. The van der Waals surface area contributed by atoms with E-state index in [2.05, 4.69) is 5.32 Å². The zero-order chi connectivity index (χ0) is 15.6. The molecule has 0 aliphatic carbocycles. The van der Waals surface area contributed by atoms with E-state index in [9.17, 15) is 4.39 Å². The summed E-state index contributed by atoms with van der Waals surface area (Å²) < 4.78 is 29.4. The third-order valence-corrected chi connectivity index (χ3v) is 3.63. The van der Waals surface area contributed by atoms with Gasteiger partial charge in [-0.3, -0.25) is 0 Å². The average molecular weight is 311 g/mol. The molecule has 0 unspecified atom stereocenters. The first-order chi connectivity index (χ1) is 11.3. The Balaban J connectivity index is 1.44. The Morgan fingerprint density at radius 1 is 0.913 bits per heavy atom. The van der Waals surface area contributed by atoms with Crippen LogP contribution in [-0.4, -0.2) is 6.79 Å². The highest BCUT2D eigenvalue weighted by Gasteiger charge is 2.13. The maximum Gasteiger partial charge on any atom is 0.231 e. The van der Waals surface area contributed by atoms with E-state index in [1.165, 1.54) is 12.1 Å². The van der Waals surface area contributed by atoms with E-state index in [1.807, 2.05) is 30.3 Å². The predicted molar refractivity (Wildman–Crippen MR) is 84.0 cm³/mol. The Hall–Kier alpha value is -2.95. The van der Waals surface area contributed by atoms with E-state index in [1.54, 1.807) is 12.1 Å². The quantitative estimate of drug-likeness (QED) is 0.774. The summed E-state index contributed by atoms with van der Waals surface area (Å²) in [5.41, 5.74) is 1.77. The molecule has 0 radical (unpaired) electrons. The summed E-state index contributed by atoms with van der Waals surface area (Å²) in [6.45, 7) is 0.804. The van der Waals surface area contributed by atoms with Gasteiger partial charge in [-0.2, -0.15) is 0 Å². The zero-order valence-corrected chi connectivity index (χ0v) is 12.2. The molecule has 116 valence electrons. The Morgan fingerprint density at radius 3 is 2.61 bits per heavy atom. The van der Waals surface area contributed by atoms with Gasteiger partial charge in [0.1, 0.15) is 17.3 Å². The van der Waals surface area contributed by atoms with Crippen molar-refractivity contribution in [2.45, 2.75) is 6.54 Å². The van der Waals surface area contributed by atoms with Crippen LogP contribution >= 0.6 is 0 Å². The van der Waals surface area contributed by atoms with E-state index in [-0.39, 0.29) is 12.6 Å². The summed E-state index contributed by atoms with van der Waals surface area (Å²) in [6.07, 6.45) is 0. The van der Waals surface area contributed by atoms with Crippen LogP contribution in [0.2, 0.25) is 0 Å². The molecule has 5 heteroatoms. The fraction of sp³-hybridized carbons (Fsp3) is 0.111. The smallest absolute Gasteiger partial charge is 0.231 e. The highest BCUT2D eigenvalue weighted by atomic mass is 19.1. The van der Waals surface area contributed by atoms with Gasteiger partial charge in [-0.05, 0) is 48.5 Å². The van der Waals surface area contributed by atoms with Crippen LogP contribution in [0.4, 0.5) is 10.1 Å². The average Bonchev–Trinajstić information content (AvgIpc) is 3.22. The van der Waals surface area contributed by atoms with Crippen LogP contribution in [0.1, 0.15) is 5.76 Å². The molecule has 0 saturated heterocycles. The molecule has 0 fully saturated rings. The zero-order valence-electron chi connectivity index (χ0n) is 12.2. The van der Waals surface area contributed by atoms with Gasteiger partial charge >= 0.3 is 0 Å². The SMILES string of the molecule is Fc1ccc(-c2ccc(CNc3ccc4c(c3)OCO4)o2)cc1. The third kappa shape index (κ3) is 2.85. The van der Waals surface area contributed by atoms with Crippen LogP contribution in [-0.2, 0) is 6.54 Å². The summed E-state index contributed by atoms with van der Waals surface area (Å²) in [7, 11) is 0. The van der Waals surface area contributed by atoms with Crippen molar-refractivity contribution in [1.82, 2.24) is 0 Å². The van der Waals surface area contributed by atoms with Crippen molar-refractivity contribution in [3.63, 3.8) is 0 Å². The molecule has 0 spiro atoms. The van der Waals surface area contributed by atoms with Crippen molar-refractivity contribution >= 4 is 5.69 Å². The second kappa shape index (κ2) is 5.68. The first-order valence-corrected chi connectivity index (χ1v) is 7.26. The fourth-order valence-corrected chi connectivity index (χ4v) is 2.44. The molecule has 1 N–H and O–H groups in total. The molecule has 23 heavy (non-hydrogen) atoms. The van der Waals surface area contributed by atoms with E-state index in [0.717, 1.165) is 28.5 Å². The highest BCUT2D eigenvalue weighted by molar-refractivity contribution is 5.58. The second-order valence-corrected chi connectivity index (χ2v) is 5.19. The van der Waals surface area contributed by atoms with Gasteiger partial charge in [-0.15, -0.1) is 0 Å². The molecular weight excluding hydrogens is 297 g/mol. The molecule has 0 saturated carbocycles. The van der Waals surface area contributed by atoms with Gasteiger partial charge in [0.05, 0.1) is 6.54 Å². The summed E-state index contributed by atoms with van der Waals surface area (Å²) in [5.74, 6) is 2.74. The standard InChI is InChI=1S/C18H14FNO3/c19-13-3-1-12(2-4-13)16-8-6-15(23-16)10-20-14-5-7-17-18(9-14)22-11-21-17/h1-9,20H,10-11H2. The lowest BCUT2D eigenvalue weighted by molar-refractivity contribution is 0.174. The van der Waals surface area contributed by atoms with Crippen LogP contribution < -0.4 is 14.8 Å². The minimum atomic E-state index is -0.259. The van der Waals surface area contributed by atoms with E-state index in [0.29, 0.717) is 12.3 Å². The van der Waals surface area contributed by atoms with Crippen molar-refractivity contribution in [3.8, 4) is 22.8 Å². The molecule has 1 aromatic heterocycles. The second-order valence-electron chi connectivity index (χ2n) is 5.19. The van der Waals surface area contributed by atoms with Crippen molar-refractivity contribution in [3.05, 3.63) is 66.2 Å². The molecule has 3 aromatic rings. The predicted octanol–water partition coefficient (Wildman–Crippen LogP) is 4.43.